The molecular weight excluding hydrogens is 292 g/mol. The van der Waals surface area contributed by atoms with Crippen molar-refractivity contribution >= 4 is 17.4 Å². The maximum atomic E-state index is 12.0. The standard InChI is InChI=1S/C17H18N4O2/c1-3-13-14(11-8-6-5-7-9-11)16-19-10-12(17(22)23-4-2)15(18)21(16)20-13/h5-10H,3-4,18H2,1-2H3. The number of hydrogen-bond acceptors (Lipinski definition) is 5. The van der Waals surface area contributed by atoms with Crippen LogP contribution in [0.5, 0.6) is 0 Å². The van der Waals surface area contributed by atoms with Crippen molar-refractivity contribution in [3.63, 3.8) is 0 Å². The van der Waals surface area contributed by atoms with Crippen LogP contribution in [0.25, 0.3) is 16.8 Å². The summed E-state index contributed by atoms with van der Waals surface area (Å²) in [5.74, 6) is -0.250. The molecule has 23 heavy (non-hydrogen) atoms. The zero-order chi connectivity index (χ0) is 16.4. The molecule has 2 aromatic heterocycles. The summed E-state index contributed by atoms with van der Waals surface area (Å²) in [5.41, 5.74) is 9.84. The molecule has 0 aliphatic carbocycles. The second kappa shape index (κ2) is 6.08. The largest absolute Gasteiger partial charge is 0.462 e. The molecule has 6 nitrogen and oxygen atoms in total. The average Bonchev–Trinajstić information content (AvgIpc) is 2.95. The third-order valence-electron chi connectivity index (χ3n) is 3.65. The summed E-state index contributed by atoms with van der Waals surface area (Å²) < 4.78 is 6.53. The van der Waals surface area contributed by atoms with Gasteiger partial charge in [-0.1, -0.05) is 37.3 Å². The normalized spacial score (nSPS) is 10.9. The fourth-order valence-electron chi connectivity index (χ4n) is 2.56. The summed E-state index contributed by atoms with van der Waals surface area (Å²) in [5, 5.41) is 4.53. The Morgan fingerprint density at radius 1 is 1.26 bits per heavy atom. The van der Waals surface area contributed by atoms with Gasteiger partial charge in [-0.15, -0.1) is 0 Å². The number of hydrogen-bond donors (Lipinski definition) is 1. The highest BCUT2D eigenvalue weighted by Gasteiger charge is 2.20. The lowest BCUT2D eigenvalue weighted by Gasteiger charge is -2.06. The van der Waals surface area contributed by atoms with E-state index in [1.165, 1.54) is 10.7 Å². The first-order valence-corrected chi connectivity index (χ1v) is 7.56. The molecule has 0 amide bonds. The molecule has 0 radical (unpaired) electrons. The number of fused-ring (bicyclic) bond motifs is 1. The highest BCUT2D eigenvalue weighted by atomic mass is 16.5. The van der Waals surface area contributed by atoms with Crippen molar-refractivity contribution in [2.75, 3.05) is 12.3 Å². The minimum atomic E-state index is -0.491. The number of aromatic nitrogens is 3. The van der Waals surface area contributed by atoms with Gasteiger partial charge in [-0.2, -0.15) is 9.61 Å². The molecule has 0 bridgehead atoms. The predicted octanol–water partition coefficient (Wildman–Crippen LogP) is 2.72. The van der Waals surface area contributed by atoms with Crippen LogP contribution in [-0.4, -0.2) is 27.2 Å². The summed E-state index contributed by atoms with van der Waals surface area (Å²) in [4.78, 5) is 16.4. The molecule has 0 fully saturated rings. The van der Waals surface area contributed by atoms with Crippen molar-refractivity contribution in [2.24, 2.45) is 0 Å². The first kappa shape index (κ1) is 15.0. The van der Waals surface area contributed by atoms with Crippen LogP contribution < -0.4 is 5.73 Å². The number of aryl methyl sites for hydroxylation is 1. The average molecular weight is 310 g/mol. The molecule has 6 heteroatoms. The molecule has 0 unspecified atom stereocenters. The molecule has 118 valence electrons. The molecule has 0 saturated carbocycles. The van der Waals surface area contributed by atoms with Crippen LogP contribution in [0.1, 0.15) is 29.9 Å². The number of benzene rings is 1. The Labute approximate surface area is 133 Å². The Balaban J connectivity index is 2.23. The Bertz CT molecular complexity index is 856. The van der Waals surface area contributed by atoms with Gasteiger partial charge in [-0.25, -0.2) is 9.78 Å². The van der Waals surface area contributed by atoms with E-state index < -0.39 is 5.97 Å². The summed E-state index contributed by atoms with van der Waals surface area (Å²) >= 11 is 0. The molecule has 0 atom stereocenters. The van der Waals surface area contributed by atoms with E-state index >= 15 is 0 Å². The molecule has 1 aromatic carbocycles. The molecule has 0 saturated heterocycles. The number of nitrogens with two attached hydrogens (primary N) is 1. The third kappa shape index (κ3) is 2.52. The maximum Gasteiger partial charge on any atom is 0.343 e. The maximum absolute atomic E-state index is 12.0. The lowest BCUT2D eigenvalue weighted by atomic mass is 10.0. The predicted molar refractivity (Wildman–Crippen MR) is 88.2 cm³/mol. The van der Waals surface area contributed by atoms with Crippen LogP contribution in [0.4, 0.5) is 5.82 Å². The van der Waals surface area contributed by atoms with Crippen molar-refractivity contribution in [1.82, 2.24) is 14.6 Å². The molecule has 0 spiro atoms. The minimum absolute atomic E-state index is 0.226. The Morgan fingerprint density at radius 3 is 2.65 bits per heavy atom. The smallest absolute Gasteiger partial charge is 0.343 e. The fraction of sp³-hybridized carbons (Fsp3) is 0.235. The van der Waals surface area contributed by atoms with Crippen molar-refractivity contribution in [1.29, 1.82) is 0 Å². The van der Waals surface area contributed by atoms with Crippen LogP contribution in [0.15, 0.2) is 36.5 Å². The number of carbonyl (C=O) groups is 1. The van der Waals surface area contributed by atoms with E-state index in [0.717, 1.165) is 23.2 Å². The SMILES string of the molecule is CCOC(=O)c1cnc2c(-c3ccccc3)c(CC)nn2c1N. The molecule has 3 rings (SSSR count). The van der Waals surface area contributed by atoms with E-state index in [0.29, 0.717) is 5.65 Å². The van der Waals surface area contributed by atoms with Gasteiger partial charge in [0, 0.05) is 11.8 Å². The van der Waals surface area contributed by atoms with E-state index in [9.17, 15) is 4.79 Å². The van der Waals surface area contributed by atoms with Gasteiger partial charge in [0.05, 0.1) is 12.3 Å². The number of carbonyl (C=O) groups excluding carboxylic acids is 1. The van der Waals surface area contributed by atoms with E-state index in [4.69, 9.17) is 10.5 Å². The lowest BCUT2D eigenvalue weighted by molar-refractivity contribution is 0.0526. The van der Waals surface area contributed by atoms with Crippen molar-refractivity contribution in [3.05, 3.63) is 47.8 Å². The second-order valence-corrected chi connectivity index (χ2v) is 5.05. The number of nitrogens with zero attached hydrogens (tertiary/aromatic N) is 3. The quantitative estimate of drug-likeness (QED) is 0.749. The van der Waals surface area contributed by atoms with Crippen LogP contribution in [0.3, 0.4) is 0 Å². The Morgan fingerprint density at radius 2 is 2.00 bits per heavy atom. The second-order valence-electron chi connectivity index (χ2n) is 5.05. The monoisotopic (exact) mass is 310 g/mol. The van der Waals surface area contributed by atoms with Crippen molar-refractivity contribution in [3.8, 4) is 11.1 Å². The van der Waals surface area contributed by atoms with Crippen LogP contribution in [0, 0.1) is 0 Å². The molecule has 2 N–H and O–H groups in total. The zero-order valence-electron chi connectivity index (χ0n) is 13.1. The molecule has 2 heterocycles. The summed E-state index contributed by atoms with van der Waals surface area (Å²) in [7, 11) is 0. The summed E-state index contributed by atoms with van der Waals surface area (Å²) in [6.07, 6.45) is 2.19. The van der Waals surface area contributed by atoms with Gasteiger partial charge >= 0.3 is 5.97 Å². The van der Waals surface area contributed by atoms with Crippen molar-refractivity contribution < 1.29 is 9.53 Å². The van der Waals surface area contributed by atoms with Gasteiger partial charge in [0.2, 0.25) is 0 Å². The summed E-state index contributed by atoms with van der Waals surface area (Å²) in [6, 6.07) is 9.91. The number of rotatable bonds is 4. The Hall–Kier alpha value is -2.89. The van der Waals surface area contributed by atoms with Gasteiger partial charge in [-0.05, 0) is 18.9 Å². The van der Waals surface area contributed by atoms with Crippen LogP contribution in [-0.2, 0) is 11.2 Å². The number of anilines is 1. The first-order chi connectivity index (χ1) is 11.2. The van der Waals surface area contributed by atoms with Gasteiger partial charge in [0.15, 0.2) is 5.65 Å². The number of ether oxygens (including phenoxy) is 1. The van der Waals surface area contributed by atoms with Gasteiger partial charge in [-0.3, -0.25) is 0 Å². The van der Waals surface area contributed by atoms with E-state index in [-0.39, 0.29) is 18.0 Å². The van der Waals surface area contributed by atoms with Crippen molar-refractivity contribution in [2.45, 2.75) is 20.3 Å². The number of esters is 1. The Kier molecular flexibility index (Phi) is 3.97. The third-order valence-corrected chi connectivity index (χ3v) is 3.65. The summed E-state index contributed by atoms with van der Waals surface area (Å²) in [6.45, 7) is 4.05. The van der Waals surface area contributed by atoms with Crippen LogP contribution in [0.2, 0.25) is 0 Å². The van der Waals surface area contributed by atoms with E-state index in [1.807, 2.05) is 37.3 Å². The molecule has 0 aliphatic heterocycles. The highest BCUT2D eigenvalue weighted by Crippen LogP contribution is 2.29. The minimum Gasteiger partial charge on any atom is -0.462 e. The fourth-order valence-corrected chi connectivity index (χ4v) is 2.56. The highest BCUT2D eigenvalue weighted by molar-refractivity contribution is 5.95. The molecular formula is C17H18N4O2. The van der Waals surface area contributed by atoms with Gasteiger partial charge in [0.25, 0.3) is 0 Å². The topological polar surface area (TPSA) is 82.5 Å². The molecule has 3 aromatic rings. The van der Waals surface area contributed by atoms with E-state index in [1.54, 1.807) is 6.92 Å². The van der Waals surface area contributed by atoms with E-state index in [2.05, 4.69) is 10.1 Å². The van der Waals surface area contributed by atoms with Gasteiger partial charge in [0.1, 0.15) is 11.4 Å². The van der Waals surface area contributed by atoms with Crippen LogP contribution >= 0.6 is 0 Å². The zero-order valence-corrected chi connectivity index (χ0v) is 13.1. The lowest BCUT2D eigenvalue weighted by Crippen LogP contribution is -2.12. The molecule has 0 aliphatic rings. The first-order valence-electron chi connectivity index (χ1n) is 7.56. The van der Waals surface area contributed by atoms with Gasteiger partial charge < -0.3 is 10.5 Å². The number of nitrogen functional groups attached to an aromatic ring is 1.